The zero-order valence-corrected chi connectivity index (χ0v) is 21.6. The zero-order valence-electron chi connectivity index (χ0n) is 21.6. The maximum Gasteiger partial charge on any atom is 0.259 e. The summed E-state index contributed by atoms with van der Waals surface area (Å²) in [7, 11) is 0. The summed E-state index contributed by atoms with van der Waals surface area (Å²) in [5.74, 6) is -0.867. The number of anilines is 1. The van der Waals surface area contributed by atoms with Gasteiger partial charge < -0.3 is 15.3 Å². The van der Waals surface area contributed by atoms with Crippen LogP contribution in [0.2, 0.25) is 0 Å². The molecular weight excluding hydrogens is 494 g/mol. The molecule has 1 saturated heterocycles. The van der Waals surface area contributed by atoms with E-state index in [4.69, 9.17) is 0 Å². The third-order valence-corrected chi connectivity index (χ3v) is 6.60. The minimum absolute atomic E-state index is 0.0106. The second-order valence-electron chi connectivity index (χ2n) is 9.36. The van der Waals surface area contributed by atoms with E-state index in [0.29, 0.717) is 52.2 Å². The molecule has 9 heteroatoms. The number of fused-ring (bicyclic) bond motifs is 1. The Morgan fingerprint density at radius 2 is 1.77 bits per heavy atom. The molecule has 39 heavy (non-hydrogen) atoms. The highest BCUT2D eigenvalue weighted by Crippen LogP contribution is 2.31. The van der Waals surface area contributed by atoms with E-state index >= 15 is 0 Å². The van der Waals surface area contributed by atoms with Crippen molar-refractivity contribution in [3.05, 3.63) is 95.2 Å². The third kappa shape index (κ3) is 5.19. The zero-order chi connectivity index (χ0) is 27.7. The van der Waals surface area contributed by atoms with Crippen LogP contribution in [-0.4, -0.2) is 44.1 Å². The molecule has 4 aromatic rings. The Morgan fingerprint density at radius 3 is 2.36 bits per heavy atom. The molecule has 0 bridgehead atoms. The van der Waals surface area contributed by atoms with Crippen molar-refractivity contribution in [2.45, 2.75) is 26.8 Å². The molecule has 3 aromatic carbocycles. The quantitative estimate of drug-likeness (QED) is 0.211. The predicted octanol–water partition coefficient (Wildman–Crippen LogP) is 4.34. The fourth-order valence-corrected chi connectivity index (χ4v) is 4.49. The second-order valence-corrected chi connectivity index (χ2v) is 9.36. The highest BCUT2D eigenvalue weighted by molar-refractivity contribution is 6.25. The van der Waals surface area contributed by atoms with E-state index < -0.39 is 5.91 Å². The molecule has 2 heterocycles. The van der Waals surface area contributed by atoms with Crippen LogP contribution in [0.5, 0.6) is 5.75 Å². The number of piperidine rings is 1. The van der Waals surface area contributed by atoms with E-state index in [9.17, 15) is 19.5 Å². The molecule has 1 fully saturated rings. The van der Waals surface area contributed by atoms with Gasteiger partial charge in [0.05, 0.1) is 12.0 Å². The average Bonchev–Trinajstić information content (AvgIpc) is 3.34. The first-order chi connectivity index (χ1) is 18.7. The maximum absolute atomic E-state index is 12.3. The van der Waals surface area contributed by atoms with Gasteiger partial charge in [0.25, 0.3) is 5.91 Å². The standard InChI is InChI=1S/C30H27N5O4/c1-4-34(23-11-9-20(10-12-23)14-24-28(37)13-18(2)31-30(24)39)17-22-15-21(19(3)36)16-27(29(22)38)35-32-25-7-5-6-8-26(25)33-35/h5-12,14-16,38H,2,4,13,17H2,1,3H3,(H,31,39)/b24-14+. The molecule has 0 radical (unpaired) electrons. The van der Waals surface area contributed by atoms with Gasteiger partial charge in [-0.3, -0.25) is 14.4 Å². The number of nitrogens with one attached hydrogen (secondary N) is 1. The van der Waals surface area contributed by atoms with E-state index in [1.54, 1.807) is 18.2 Å². The summed E-state index contributed by atoms with van der Waals surface area (Å²) in [5, 5.41) is 22.8. The molecule has 5 rings (SSSR count). The summed E-state index contributed by atoms with van der Waals surface area (Å²) in [6.07, 6.45) is 1.66. The van der Waals surface area contributed by atoms with Gasteiger partial charge in [-0.05, 0) is 61.9 Å². The van der Waals surface area contributed by atoms with Crippen LogP contribution >= 0.6 is 0 Å². The lowest BCUT2D eigenvalue weighted by Gasteiger charge is -2.24. The number of rotatable bonds is 7. The molecule has 9 nitrogen and oxygen atoms in total. The number of ketones is 2. The molecule has 1 aliphatic rings. The first-order valence-corrected chi connectivity index (χ1v) is 12.5. The maximum atomic E-state index is 12.3. The number of phenolic OH excluding ortho intramolecular Hbond substituents is 1. The van der Waals surface area contributed by atoms with Gasteiger partial charge in [-0.2, -0.15) is 0 Å². The number of phenols is 1. The summed E-state index contributed by atoms with van der Waals surface area (Å²) >= 11 is 0. The number of allylic oxidation sites excluding steroid dienone is 1. The molecule has 1 aliphatic heterocycles. The van der Waals surface area contributed by atoms with Gasteiger partial charge in [0.2, 0.25) is 0 Å². The molecule has 0 saturated carbocycles. The van der Waals surface area contributed by atoms with E-state index in [1.165, 1.54) is 11.7 Å². The number of Topliss-reactive ketones (excluding diaryl/α,β-unsaturated/α-hetero) is 2. The molecule has 196 valence electrons. The average molecular weight is 522 g/mol. The van der Waals surface area contributed by atoms with Crippen molar-refractivity contribution in [3.8, 4) is 11.4 Å². The minimum Gasteiger partial charge on any atom is -0.505 e. The van der Waals surface area contributed by atoms with Crippen molar-refractivity contribution in [3.63, 3.8) is 0 Å². The van der Waals surface area contributed by atoms with Crippen LogP contribution in [0.15, 0.2) is 78.5 Å². The van der Waals surface area contributed by atoms with Crippen LogP contribution < -0.4 is 10.2 Å². The normalized spacial score (nSPS) is 14.6. The smallest absolute Gasteiger partial charge is 0.259 e. The Bertz CT molecular complexity index is 1610. The van der Waals surface area contributed by atoms with Crippen molar-refractivity contribution in [1.82, 2.24) is 20.3 Å². The van der Waals surface area contributed by atoms with Crippen molar-refractivity contribution in [2.75, 3.05) is 11.4 Å². The van der Waals surface area contributed by atoms with Gasteiger partial charge in [-0.25, -0.2) is 0 Å². The topological polar surface area (TPSA) is 117 Å². The molecule has 0 unspecified atom stereocenters. The Labute approximate surface area is 225 Å². The minimum atomic E-state index is -0.452. The van der Waals surface area contributed by atoms with Gasteiger partial charge in [0.1, 0.15) is 22.5 Å². The molecule has 0 aliphatic carbocycles. The Morgan fingerprint density at radius 1 is 1.10 bits per heavy atom. The molecule has 1 aromatic heterocycles. The van der Waals surface area contributed by atoms with Crippen LogP contribution in [0.4, 0.5) is 5.69 Å². The number of amides is 1. The number of hydrogen-bond donors (Lipinski definition) is 2. The monoisotopic (exact) mass is 521 g/mol. The summed E-state index contributed by atoms with van der Waals surface area (Å²) < 4.78 is 0. The SMILES string of the molecule is C=C1CC(=O)/C(=C\c2ccc(N(CC)Cc3cc(C(C)=O)cc(-n4nc5ccccc5n4)c3O)cc2)C(=O)N1. The van der Waals surface area contributed by atoms with Crippen LogP contribution in [0.25, 0.3) is 22.8 Å². The number of carbonyl (C=O) groups is 3. The fraction of sp³-hybridized carbons (Fsp3) is 0.167. The summed E-state index contributed by atoms with van der Waals surface area (Å²) in [6.45, 7) is 8.06. The molecule has 2 N–H and O–H groups in total. The van der Waals surface area contributed by atoms with Crippen LogP contribution in [0.3, 0.4) is 0 Å². The van der Waals surface area contributed by atoms with Gasteiger partial charge in [0.15, 0.2) is 11.6 Å². The van der Waals surface area contributed by atoms with Crippen LogP contribution in [0.1, 0.15) is 41.8 Å². The fourth-order valence-electron chi connectivity index (χ4n) is 4.49. The molecule has 1 amide bonds. The predicted molar refractivity (Wildman–Crippen MR) is 149 cm³/mol. The van der Waals surface area contributed by atoms with Gasteiger partial charge in [-0.1, -0.05) is 30.8 Å². The third-order valence-electron chi connectivity index (χ3n) is 6.60. The molecular formula is C30H27N5O4. The Kier molecular flexibility index (Phi) is 6.81. The van der Waals surface area contributed by atoms with Crippen molar-refractivity contribution >= 4 is 40.3 Å². The van der Waals surface area contributed by atoms with Crippen molar-refractivity contribution in [2.24, 2.45) is 0 Å². The first kappa shape index (κ1) is 25.6. The number of carbonyl (C=O) groups excluding carboxylic acids is 3. The van der Waals surface area contributed by atoms with Gasteiger partial charge >= 0.3 is 0 Å². The Hall–Kier alpha value is -5.05. The highest BCUT2D eigenvalue weighted by Gasteiger charge is 2.25. The highest BCUT2D eigenvalue weighted by atomic mass is 16.3. The summed E-state index contributed by atoms with van der Waals surface area (Å²) in [4.78, 5) is 40.2. The summed E-state index contributed by atoms with van der Waals surface area (Å²) in [5.41, 5.74) is 4.74. The number of benzene rings is 3. The van der Waals surface area contributed by atoms with E-state index in [1.807, 2.05) is 60.4 Å². The van der Waals surface area contributed by atoms with Gasteiger partial charge in [0, 0.05) is 35.6 Å². The van der Waals surface area contributed by atoms with Gasteiger partial charge in [-0.15, -0.1) is 15.0 Å². The van der Waals surface area contributed by atoms with E-state index in [2.05, 4.69) is 22.1 Å². The molecule has 0 atom stereocenters. The lowest BCUT2D eigenvalue weighted by Crippen LogP contribution is -2.34. The van der Waals surface area contributed by atoms with E-state index in [-0.39, 0.29) is 29.3 Å². The van der Waals surface area contributed by atoms with E-state index in [0.717, 1.165) is 5.69 Å². The lowest BCUT2D eigenvalue weighted by atomic mass is 9.99. The van der Waals surface area contributed by atoms with Crippen LogP contribution in [-0.2, 0) is 16.1 Å². The van der Waals surface area contributed by atoms with Crippen molar-refractivity contribution in [1.29, 1.82) is 0 Å². The summed E-state index contributed by atoms with van der Waals surface area (Å²) in [6, 6.07) is 18.1. The second kappa shape index (κ2) is 10.4. The van der Waals surface area contributed by atoms with Crippen molar-refractivity contribution < 1.29 is 19.5 Å². The Balaban J connectivity index is 1.45. The molecule has 0 spiro atoms. The largest absolute Gasteiger partial charge is 0.505 e. The number of nitrogens with zero attached hydrogens (tertiary/aromatic N) is 4. The number of aromatic hydroxyl groups is 1. The number of hydrogen-bond acceptors (Lipinski definition) is 7. The van der Waals surface area contributed by atoms with Crippen LogP contribution in [0, 0.1) is 0 Å². The number of aromatic nitrogens is 3. The first-order valence-electron chi connectivity index (χ1n) is 12.5. The lowest BCUT2D eigenvalue weighted by molar-refractivity contribution is -0.123.